The van der Waals surface area contributed by atoms with Crippen molar-refractivity contribution in [1.29, 1.82) is 0 Å². The Hall–Kier alpha value is -3.82. The maximum atomic E-state index is 12.1. The zero-order valence-corrected chi connectivity index (χ0v) is 24.1. The van der Waals surface area contributed by atoms with Gasteiger partial charge in [-0.15, -0.1) is 21.5 Å². The van der Waals surface area contributed by atoms with Gasteiger partial charge in [0.1, 0.15) is 16.9 Å². The Labute approximate surface area is 238 Å². The number of carboxylic acid groups (broad SMARTS) is 1. The second-order valence-corrected chi connectivity index (χ2v) is 12.0. The van der Waals surface area contributed by atoms with Gasteiger partial charge in [0, 0.05) is 54.4 Å². The first-order valence-corrected chi connectivity index (χ1v) is 14.6. The number of piperazine rings is 1. The molecule has 2 atom stereocenters. The molecule has 2 aromatic carbocycles. The summed E-state index contributed by atoms with van der Waals surface area (Å²) >= 11 is 1.68. The van der Waals surface area contributed by atoms with Gasteiger partial charge in [-0.2, -0.15) is 0 Å². The lowest BCUT2D eigenvalue weighted by Crippen LogP contribution is -2.45. The normalized spacial score (nSPS) is 18.1. The molecule has 0 saturated carbocycles. The van der Waals surface area contributed by atoms with E-state index in [9.17, 15) is 9.90 Å². The van der Waals surface area contributed by atoms with Crippen molar-refractivity contribution in [1.82, 2.24) is 19.7 Å². The summed E-state index contributed by atoms with van der Waals surface area (Å²) in [4.78, 5) is 23.4. The number of hydrogen-bond acceptors (Lipinski definition) is 7. The molecular weight excluding hydrogens is 520 g/mol. The van der Waals surface area contributed by atoms with Gasteiger partial charge in [-0.1, -0.05) is 42.5 Å². The Kier molecular flexibility index (Phi) is 7.02. The Bertz CT molecular complexity index is 1570. The Morgan fingerprint density at radius 2 is 1.70 bits per heavy atom. The number of aliphatic imine (C=N–C) groups is 1. The van der Waals surface area contributed by atoms with Crippen LogP contribution in [0.25, 0.3) is 5.00 Å². The first-order valence-electron chi connectivity index (χ1n) is 13.8. The van der Waals surface area contributed by atoms with Gasteiger partial charge in [0.05, 0.1) is 11.6 Å². The maximum Gasteiger partial charge on any atom is 0.308 e. The van der Waals surface area contributed by atoms with Gasteiger partial charge in [-0.05, 0) is 51.0 Å². The molecule has 206 valence electrons. The monoisotopic (exact) mass is 554 g/mol. The van der Waals surface area contributed by atoms with Gasteiger partial charge in [-0.3, -0.25) is 19.3 Å². The van der Waals surface area contributed by atoms with Crippen molar-refractivity contribution in [2.24, 2.45) is 10.9 Å². The number of aromatic nitrogens is 3. The number of carboxylic acids is 1. The number of aliphatic carboxylic acids is 1. The van der Waals surface area contributed by atoms with Crippen molar-refractivity contribution in [2.45, 2.75) is 40.3 Å². The average Bonchev–Trinajstić information content (AvgIpc) is 3.43. The minimum absolute atomic E-state index is 0.579. The lowest BCUT2D eigenvalue weighted by molar-refractivity contribution is -0.141. The molecule has 0 aliphatic carbocycles. The fourth-order valence-corrected chi connectivity index (χ4v) is 6.87. The minimum atomic E-state index is -0.903. The summed E-state index contributed by atoms with van der Waals surface area (Å²) in [6, 6.07) is 18.6. The number of rotatable bonds is 6. The second-order valence-electron chi connectivity index (χ2n) is 10.7. The molecule has 4 heterocycles. The number of fused-ring (bicyclic) bond motifs is 3. The zero-order chi connectivity index (χ0) is 28.0. The molecule has 4 aromatic rings. The molecule has 1 fully saturated rings. The van der Waals surface area contributed by atoms with Crippen LogP contribution in [0.1, 0.15) is 51.7 Å². The highest BCUT2D eigenvalue weighted by atomic mass is 32.1. The van der Waals surface area contributed by atoms with Crippen LogP contribution in [0.3, 0.4) is 0 Å². The smallest absolute Gasteiger partial charge is 0.308 e. The van der Waals surface area contributed by atoms with Crippen molar-refractivity contribution in [3.8, 4) is 5.00 Å². The molecule has 1 saturated heterocycles. The summed E-state index contributed by atoms with van der Waals surface area (Å²) in [5.41, 5.74) is 6.53. The third-order valence-electron chi connectivity index (χ3n) is 8.18. The highest BCUT2D eigenvalue weighted by Gasteiger charge is 2.36. The van der Waals surface area contributed by atoms with Gasteiger partial charge < -0.3 is 10.0 Å². The molecule has 9 heteroatoms. The fourth-order valence-electron chi connectivity index (χ4n) is 5.65. The summed E-state index contributed by atoms with van der Waals surface area (Å²) < 4.78 is 2.00. The Morgan fingerprint density at radius 1 is 1.00 bits per heavy atom. The maximum absolute atomic E-state index is 12.1. The predicted molar refractivity (Wildman–Crippen MR) is 159 cm³/mol. The summed E-state index contributed by atoms with van der Waals surface area (Å²) in [7, 11) is 0. The molecule has 0 radical (unpaired) electrons. The van der Waals surface area contributed by atoms with E-state index in [4.69, 9.17) is 4.99 Å². The third-order valence-corrected chi connectivity index (χ3v) is 9.37. The molecule has 2 aliphatic rings. The quantitative estimate of drug-likeness (QED) is 0.353. The van der Waals surface area contributed by atoms with Gasteiger partial charge in [0.25, 0.3) is 0 Å². The first-order chi connectivity index (χ1) is 19.3. The molecule has 8 nitrogen and oxygen atoms in total. The van der Waals surface area contributed by atoms with Crippen LogP contribution in [0.15, 0.2) is 59.6 Å². The van der Waals surface area contributed by atoms with Crippen molar-refractivity contribution in [2.75, 3.05) is 31.1 Å². The molecule has 0 spiro atoms. The fraction of sp³-hybridized carbons (Fsp3) is 0.355. The van der Waals surface area contributed by atoms with E-state index in [-0.39, 0.29) is 0 Å². The molecule has 6 rings (SSSR count). The van der Waals surface area contributed by atoms with E-state index in [0.717, 1.165) is 66.0 Å². The Balaban J connectivity index is 1.30. The predicted octanol–water partition coefficient (Wildman–Crippen LogP) is 5.19. The lowest BCUT2D eigenvalue weighted by atomic mass is 9.98. The van der Waals surface area contributed by atoms with Crippen molar-refractivity contribution < 1.29 is 9.90 Å². The van der Waals surface area contributed by atoms with Crippen LogP contribution in [-0.4, -0.2) is 62.6 Å². The average molecular weight is 555 g/mol. The molecule has 1 N–H and O–H groups in total. The zero-order valence-electron chi connectivity index (χ0n) is 23.3. The molecule has 2 aliphatic heterocycles. The number of carbonyl (C=O) groups is 1. The SMILES string of the molecule is Cc1sc2c(c1C)C(c1ccc(N3CCN(Cc4ccccc4)CC3)cc1)=N[C@@H](C(C)C(=O)O)c1nnc(C)n1-2. The van der Waals surface area contributed by atoms with E-state index >= 15 is 0 Å². The Morgan fingerprint density at radius 3 is 2.38 bits per heavy atom. The number of aryl methyl sites for hydroxylation is 2. The van der Waals surface area contributed by atoms with Gasteiger partial charge in [-0.25, -0.2) is 0 Å². The molecule has 0 amide bonds. The van der Waals surface area contributed by atoms with Crippen LogP contribution >= 0.6 is 11.3 Å². The third kappa shape index (κ3) is 4.73. The minimum Gasteiger partial charge on any atom is -0.481 e. The van der Waals surface area contributed by atoms with E-state index in [1.165, 1.54) is 16.1 Å². The summed E-state index contributed by atoms with van der Waals surface area (Å²) in [5, 5.41) is 19.7. The van der Waals surface area contributed by atoms with Gasteiger partial charge in [0.2, 0.25) is 0 Å². The molecule has 40 heavy (non-hydrogen) atoms. The standard InChI is InChI=1S/C31H34N6O2S/c1-19-21(3)40-30-26(19)28(32-27(20(2)31(38)39)29-34-33-22(4)37(29)30)24-10-12-25(13-11-24)36-16-14-35(15-17-36)18-23-8-6-5-7-9-23/h5-13,20,27H,14-18H2,1-4H3,(H,38,39)/t20?,27-/m0/s1. The molecule has 2 aromatic heterocycles. The highest BCUT2D eigenvalue weighted by Crippen LogP contribution is 2.40. The largest absolute Gasteiger partial charge is 0.481 e. The summed E-state index contributed by atoms with van der Waals surface area (Å²) in [6.07, 6.45) is 0. The van der Waals surface area contributed by atoms with Crippen LogP contribution in [0, 0.1) is 26.7 Å². The number of anilines is 1. The van der Waals surface area contributed by atoms with Crippen molar-refractivity contribution in [3.63, 3.8) is 0 Å². The van der Waals surface area contributed by atoms with Crippen LogP contribution in [0.2, 0.25) is 0 Å². The molecule has 0 bridgehead atoms. The number of hydrogen-bond donors (Lipinski definition) is 1. The summed E-state index contributed by atoms with van der Waals surface area (Å²) in [5.74, 6) is -0.340. The van der Waals surface area contributed by atoms with Crippen molar-refractivity contribution in [3.05, 3.63) is 93.4 Å². The second kappa shape index (κ2) is 10.6. The van der Waals surface area contributed by atoms with E-state index in [1.54, 1.807) is 18.3 Å². The van der Waals surface area contributed by atoms with Crippen LogP contribution in [0.5, 0.6) is 0 Å². The topological polar surface area (TPSA) is 86.8 Å². The van der Waals surface area contributed by atoms with Crippen LogP contribution < -0.4 is 4.90 Å². The van der Waals surface area contributed by atoms with E-state index in [1.807, 2.05) is 11.5 Å². The highest BCUT2D eigenvalue weighted by molar-refractivity contribution is 7.15. The molecule has 1 unspecified atom stereocenters. The number of thiophene rings is 1. The van der Waals surface area contributed by atoms with Gasteiger partial charge in [0.15, 0.2) is 5.82 Å². The lowest BCUT2D eigenvalue weighted by Gasteiger charge is -2.36. The van der Waals surface area contributed by atoms with Crippen LogP contribution in [-0.2, 0) is 11.3 Å². The number of nitrogens with zero attached hydrogens (tertiary/aromatic N) is 6. The van der Waals surface area contributed by atoms with Crippen LogP contribution in [0.4, 0.5) is 5.69 Å². The van der Waals surface area contributed by atoms with E-state index in [2.05, 4.69) is 88.4 Å². The van der Waals surface area contributed by atoms with E-state index in [0.29, 0.717) is 5.82 Å². The number of benzene rings is 2. The first kappa shape index (κ1) is 26.4. The van der Waals surface area contributed by atoms with Crippen molar-refractivity contribution >= 4 is 28.7 Å². The summed E-state index contributed by atoms with van der Waals surface area (Å²) in [6.45, 7) is 12.8. The van der Waals surface area contributed by atoms with Gasteiger partial charge >= 0.3 is 5.97 Å². The molecular formula is C31H34N6O2S. The van der Waals surface area contributed by atoms with E-state index < -0.39 is 17.9 Å².